The van der Waals surface area contributed by atoms with E-state index >= 15 is 0 Å². The Bertz CT molecular complexity index is 823. The summed E-state index contributed by atoms with van der Waals surface area (Å²) in [5.74, 6) is -0.389. The molecule has 7 heteroatoms. The molecule has 0 atom stereocenters. The van der Waals surface area contributed by atoms with Gasteiger partial charge in [0.25, 0.3) is 5.91 Å². The Hall–Kier alpha value is -2.51. The van der Waals surface area contributed by atoms with Crippen LogP contribution in [0.2, 0.25) is 0 Å². The molecule has 1 aromatic carbocycles. The van der Waals surface area contributed by atoms with Crippen LogP contribution in [0.1, 0.15) is 17.4 Å². The highest BCUT2D eigenvalue weighted by Gasteiger charge is 2.12. The van der Waals surface area contributed by atoms with Crippen molar-refractivity contribution in [3.63, 3.8) is 0 Å². The quantitative estimate of drug-likeness (QED) is 0.750. The maximum atomic E-state index is 12.2. The first-order valence-electron chi connectivity index (χ1n) is 6.79. The third-order valence-corrected chi connectivity index (χ3v) is 4.54. The molecule has 2 aromatic heterocycles. The summed E-state index contributed by atoms with van der Waals surface area (Å²) in [7, 11) is 0. The fraction of sp³-hybridized carbons (Fsp3) is 0.0625. The maximum Gasteiger partial charge on any atom is 0.275 e. The van der Waals surface area contributed by atoms with Crippen molar-refractivity contribution in [3.8, 4) is 10.6 Å². The summed E-state index contributed by atoms with van der Waals surface area (Å²) in [5, 5.41) is 12.0. The second-order valence-corrected chi connectivity index (χ2v) is 6.40. The number of carbonyl (C=O) groups excluding carboxylic acids is 2. The summed E-state index contributed by atoms with van der Waals surface area (Å²) in [4.78, 5) is 27.6. The molecule has 0 aliphatic rings. The van der Waals surface area contributed by atoms with Crippen molar-refractivity contribution in [2.45, 2.75) is 6.92 Å². The van der Waals surface area contributed by atoms with Gasteiger partial charge < -0.3 is 10.6 Å². The van der Waals surface area contributed by atoms with Crippen molar-refractivity contribution >= 4 is 45.9 Å². The highest BCUT2D eigenvalue weighted by atomic mass is 32.1. The summed E-state index contributed by atoms with van der Waals surface area (Å²) in [6, 6.07) is 8.90. The van der Waals surface area contributed by atoms with Crippen molar-refractivity contribution in [1.29, 1.82) is 0 Å². The third kappa shape index (κ3) is 3.82. The van der Waals surface area contributed by atoms with E-state index in [4.69, 9.17) is 0 Å². The van der Waals surface area contributed by atoms with Crippen LogP contribution < -0.4 is 10.6 Å². The number of benzene rings is 1. The molecule has 0 bridgehead atoms. The Morgan fingerprint density at radius 1 is 1.00 bits per heavy atom. The molecular weight excluding hydrogens is 330 g/mol. The summed E-state index contributed by atoms with van der Waals surface area (Å²) in [6.45, 7) is 1.45. The lowest BCUT2D eigenvalue weighted by Gasteiger charge is -2.05. The van der Waals surface area contributed by atoms with E-state index in [2.05, 4.69) is 15.6 Å². The number of amides is 2. The average Bonchev–Trinajstić information content (AvgIpc) is 3.19. The minimum Gasteiger partial charge on any atom is -0.326 e. The molecule has 2 amide bonds. The van der Waals surface area contributed by atoms with Crippen LogP contribution in [-0.4, -0.2) is 16.8 Å². The summed E-state index contributed by atoms with van der Waals surface area (Å²) in [6.07, 6.45) is 0. The number of nitrogens with zero attached hydrogens (tertiary/aromatic N) is 1. The zero-order valence-corrected chi connectivity index (χ0v) is 13.8. The first kappa shape index (κ1) is 15.4. The maximum absolute atomic E-state index is 12.2. The van der Waals surface area contributed by atoms with Crippen LogP contribution in [0, 0.1) is 0 Å². The molecule has 116 valence electrons. The predicted octanol–water partition coefficient (Wildman–Crippen LogP) is 4.08. The second-order valence-electron chi connectivity index (χ2n) is 4.76. The van der Waals surface area contributed by atoms with Gasteiger partial charge in [-0.3, -0.25) is 9.59 Å². The molecule has 0 saturated carbocycles. The van der Waals surface area contributed by atoms with Gasteiger partial charge in [-0.05, 0) is 35.7 Å². The minimum absolute atomic E-state index is 0.134. The molecule has 5 nitrogen and oxygen atoms in total. The van der Waals surface area contributed by atoms with E-state index in [0.717, 1.165) is 10.6 Å². The van der Waals surface area contributed by atoms with Gasteiger partial charge in [0.15, 0.2) is 0 Å². The zero-order valence-electron chi connectivity index (χ0n) is 12.2. The Morgan fingerprint density at radius 3 is 2.30 bits per heavy atom. The van der Waals surface area contributed by atoms with Crippen LogP contribution in [0.3, 0.4) is 0 Å². The Labute approximate surface area is 141 Å². The highest BCUT2D eigenvalue weighted by molar-refractivity contribution is 7.14. The van der Waals surface area contributed by atoms with Crippen LogP contribution in [-0.2, 0) is 4.79 Å². The fourth-order valence-corrected chi connectivity index (χ4v) is 3.44. The van der Waals surface area contributed by atoms with Crippen molar-refractivity contribution < 1.29 is 9.59 Å². The van der Waals surface area contributed by atoms with Gasteiger partial charge in [-0.2, -0.15) is 11.3 Å². The van der Waals surface area contributed by atoms with Gasteiger partial charge in [-0.1, -0.05) is 0 Å². The van der Waals surface area contributed by atoms with Crippen LogP contribution in [0.15, 0.2) is 46.5 Å². The molecule has 2 N–H and O–H groups in total. The average molecular weight is 343 g/mol. The van der Waals surface area contributed by atoms with E-state index in [1.165, 1.54) is 18.3 Å². The Kier molecular flexibility index (Phi) is 4.50. The van der Waals surface area contributed by atoms with Gasteiger partial charge in [0, 0.05) is 34.6 Å². The number of hydrogen-bond donors (Lipinski definition) is 2. The molecule has 0 radical (unpaired) electrons. The van der Waals surface area contributed by atoms with E-state index in [0.29, 0.717) is 17.1 Å². The molecule has 0 unspecified atom stereocenters. The van der Waals surface area contributed by atoms with Crippen molar-refractivity contribution in [3.05, 3.63) is 52.2 Å². The van der Waals surface area contributed by atoms with E-state index < -0.39 is 0 Å². The number of hydrogen-bond acceptors (Lipinski definition) is 5. The summed E-state index contributed by atoms with van der Waals surface area (Å²) < 4.78 is 0. The van der Waals surface area contributed by atoms with Gasteiger partial charge in [0.05, 0.1) is 0 Å². The largest absolute Gasteiger partial charge is 0.326 e. The molecule has 23 heavy (non-hydrogen) atoms. The topological polar surface area (TPSA) is 71.1 Å². The number of thiazole rings is 1. The van der Waals surface area contributed by atoms with Crippen LogP contribution >= 0.6 is 22.7 Å². The smallest absolute Gasteiger partial charge is 0.275 e. The second kappa shape index (κ2) is 6.72. The molecule has 0 fully saturated rings. The van der Waals surface area contributed by atoms with Gasteiger partial charge in [0.2, 0.25) is 5.91 Å². The Morgan fingerprint density at radius 2 is 1.70 bits per heavy atom. The molecule has 3 aromatic rings. The van der Waals surface area contributed by atoms with Gasteiger partial charge in [-0.25, -0.2) is 4.98 Å². The molecule has 2 heterocycles. The zero-order chi connectivity index (χ0) is 16.2. The number of carbonyl (C=O) groups is 2. The van der Waals surface area contributed by atoms with E-state index in [1.54, 1.807) is 41.0 Å². The summed E-state index contributed by atoms with van der Waals surface area (Å²) in [5.41, 5.74) is 2.75. The highest BCUT2D eigenvalue weighted by Crippen LogP contribution is 2.26. The molecule has 3 rings (SSSR count). The third-order valence-electron chi connectivity index (χ3n) is 2.97. The first-order chi connectivity index (χ1) is 11.1. The van der Waals surface area contributed by atoms with Gasteiger partial charge >= 0.3 is 0 Å². The van der Waals surface area contributed by atoms with Crippen molar-refractivity contribution in [2.24, 2.45) is 0 Å². The fourth-order valence-electron chi connectivity index (χ4n) is 1.93. The minimum atomic E-state index is -0.255. The monoisotopic (exact) mass is 343 g/mol. The van der Waals surface area contributed by atoms with Crippen LogP contribution in [0.5, 0.6) is 0 Å². The van der Waals surface area contributed by atoms with E-state index in [-0.39, 0.29) is 11.8 Å². The number of anilines is 2. The van der Waals surface area contributed by atoms with Crippen LogP contribution in [0.25, 0.3) is 10.6 Å². The molecule has 0 saturated heterocycles. The van der Waals surface area contributed by atoms with Crippen LogP contribution in [0.4, 0.5) is 11.4 Å². The molecular formula is C16H13N3O2S2. The summed E-state index contributed by atoms with van der Waals surface area (Å²) >= 11 is 3.04. The van der Waals surface area contributed by atoms with Gasteiger partial charge in [0.1, 0.15) is 10.7 Å². The van der Waals surface area contributed by atoms with Crippen molar-refractivity contribution in [2.75, 3.05) is 10.6 Å². The van der Waals surface area contributed by atoms with Crippen molar-refractivity contribution in [1.82, 2.24) is 4.98 Å². The van der Waals surface area contributed by atoms with E-state index in [1.807, 2.05) is 16.8 Å². The number of rotatable bonds is 4. The molecule has 0 spiro atoms. The Balaban J connectivity index is 1.68. The standard InChI is InChI=1S/C16H13N3O2S2/c1-10(20)17-12-2-4-13(5-3-12)18-15(21)14-9-23-16(19-14)11-6-7-22-8-11/h2-9H,1H3,(H,17,20)(H,18,21). The predicted molar refractivity (Wildman–Crippen MR) is 94.1 cm³/mol. The molecule has 0 aliphatic carbocycles. The SMILES string of the molecule is CC(=O)Nc1ccc(NC(=O)c2csc(-c3ccsc3)n2)cc1. The number of nitrogens with one attached hydrogen (secondary N) is 2. The van der Waals surface area contributed by atoms with E-state index in [9.17, 15) is 9.59 Å². The first-order valence-corrected chi connectivity index (χ1v) is 8.61. The lowest BCUT2D eigenvalue weighted by molar-refractivity contribution is -0.114. The van der Waals surface area contributed by atoms with Gasteiger partial charge in [-0.15, -0.1) is 11.3 Å². The molecule has 0 aliphatic heterocycles. The lowest BCUT2D eigenvalue weighted by Crippen LogP contribution is -2.12. The number of thiophene rings is 1. The lowest BCUT2D eigenvalue weighted by atomic mass is 10.2. The number of aromatic nitrogens is 1. The normalized spacial score (nSPS) is 10.3.